The van der Waals surface area contributed by atoms with Crippen LogP contribution in [-0.2, 0) is 27.3 Å². The fourth-order valence-corrected chi connectivity index (χ4v) is 5.17. The topological polar surface area (TPSA) is 121 Å². The van der Waals surface area contributed by atoms with E-state index in [1.165, 1.54) is 16.3 Å². The molecule has 216 valence electrons. The summed E-state index contributed by atoms with van der Waals surface area (Å²) in [6, 6.07) is 12.7. The quantitative estimate of drug-likeness (QED) is 0.153. The van der Waals surface area contributed by atoms with Crippen LogP contribution in [0.1, 0.15) is 31.7 Å². The Morgan fingerprint density at radius 1 is 1.02 bits per heavy atom. The molecule has 1 aromatic heterocycles. The van der Waals surface area contributed by atoms with Crippen LogP contribution < -0.4 is 25.7 Å². The number of amides is 2. The number of para-hydroxylation sites is 1. The molecule has 0 saturated heterocycles. The molecule has 0 spiro atoms. The minimum Gasteiger partial charge on any atom is -0.493 e. The first kappa shape index (κ1) is 31.0. The number of nitrogens with one attached hydrogen (secondary N) is 2. The molecule has 0 aliphatic heterocycles. The number of methoxy groups -OCH3 is 3. The molecular formula is C29H38N4O6S. The first-order valence-electron chi connectivity index (χ1n) is 13.3. The van der Waals surface area contributed by atoms with Crippen LogP contribution in [0, 0.1) is 0 Å². The van der Waals surface area contributed by atoms with Crippen LogP contribution in [0.4, 0.5) is 0 Å². The van der Waals surface area contributed by atoms with Gasteiger partial charge in [-0.2, -0.15) is 0 Å². The van der Waals surface area contributed by atoms with Crippen LogP contribution in [0.2, 0.25) is 0 Å². The van der Waals surface area contributed by atoms with Gasteiger partial charge in [0, 0.05) is 39.8 Å². The standard InChI is InChI=1S/C29H38N4O6S/c1-5-25(27(35)31-15-8-18-37-2)40-29-32-22-10-7-6-9-21(22)28(36)33(29)17-14-26(34)30-16-13-20-11-12-23(38-3)24(19-20)39-4/h6-7,9-12,19,25H,5,8,13-18H2,1-4H3,(H,30,34)(H,31,35)/t25-/m1/s1. The van der Waals surface area contributed by atoms with Crippen molar-refractivity contribution >= 4 is 34.5 Å². The number of rotatable bonds is 16. The van der Waals surface area contributed by atoms with Gasteiger partial charge in [0.15, 0.2) is 16.7 Å². The molecule has 1 heterocycles. The monoisotopic (exact) mass is 570 g/mol. The fraction of sp³-hybridized carbons (Fsp3) is 0.448. The molecule has 3 aromatic rings. The number of hydrogen-bond donors (Lipinski definition) is 2. The Bertz CT molecular complexity index is 1350. The van der Waals surface area contributed by atoms with Crippen molar-refractivity contribution in [3.05, 3.63) is 58.4 Å². The molecule has 11 heteroatoms. The van der Waals surface area contributed by atoms with Gasteiger partial charge in [-0.15, -0.1) is 0 Å². The van der Waals surface area contributed by atoms with Crippen molar-refractivity contribution in [2.45, 2.75) is 49.6 Å². The highest BCUT2D eigenvalue weighted by atomic mass is 32.2. The van der Waals surface area contributed by atoms with E-state index in [0.29, 0.717) is 66.5 Å². The first-order chi connectivity index (χ1) is 19.4. The lowest BCUT2D eigenvalue weighted by molar-refractivity contribution is -0.121. The molecular weight excluding hydrogens is 532 g/mol. The number of benzene rings is 2. The first-order valence-corrected chi connectivity index (χ1v) is 14.2. The van der Waals surface area contributed by atoms with Gasteiger partial charge in [-0.3, -0.25) is 19.0 Å². The second kappa shape index (κ2) is 15.9. The summed E-state index contributed by atoms with van der Waals surface area (Å²) in [4.78, 5) is 43.6. The van der Waals surface area contributed by atoms with E-state index in [4.69, 9.17) is 19.2 Å². The summed E-state index contributed by atoms with van der Waals surface area (Å²) < 4.78 is 17.2. The molecule has 10 nitrogen and oxygen atoms in total. The van der Waals surface area contributed by atoms with E-state index in [-0.39, 0.29) is 30.3 Å². The molecule has 40 heavy (non-hydrogen) atoms. The van der Waals surface area contributed by atoms with Crippen LogP contribution in [0.15, 0.2) is 52.4 Å². The molecule has 1 atom stereocenters. The highest BCUT2D eigenvalue weighted by Gasteiger charge is 2.22. The Labute approximate surface area is 238 Å². The number of fused-ring (bicyclic) bond motifs is 1. The zero-order valence-corrected chi connectivity index (χ0v) is 24.3. The molecule has 3 rings (SSSR count). The van der Waals surface area contributed by atoms with Crippen LogP contribution >= 0.6 is 11.8 Å². The maximum absolute atomic E-state index is 13.4. The summed E-state index contributed by atoms with van der Waals surface area (Å²) in [6.07, 6.45) is 1.98. The Kier molecular flexibility index (Phi) is 12.3. The third kappa shape index (κ3) is 8.46. The van der Waals surface area contributed by atoms with E-state index in [0.717, 1.165) is 5.56 Å². The Balaban J connectivity index is 1.68. The average molecular weight is 571 g/mol. The van der Waals surface area contributed by atoms with Gasteiger partial charge in [-0.05, 0) is 49.1 Å². The van der Waals surface area contributed by atoms with E-state index < -0.39 is 5.25 Å². The van der Waals surface area contributed by atoms with Crippen molar-refractivity contribution < 1.29 is 23.8 Å². The van der Waals surface area contributed by atoms with Crippen molar-refractivity contribution in [3.63, 3.8) is 0 Å². The zero-order chi connectivity index (χ0) is 28.9. The van der Waals surface area contributed by atoms with Crippen LogP contribution in [0.25, 0.3) is 10.9 Å². The Morgan fingerprint density at radius 2 is 1.80 bits per heavy atom. The molecule has 0 saturated carbocycles. The summed E-state index contributed by atoms with van der Waals surface area (Å²) in [6.45, 7) is 3.56. The molecule has 0 aliphatic rings. The maximum atomic E-state index is 13.4. The zero-order valence-electron chi connectivity index (χ0n) is 23.5. The summed E-state index contributed by atoms with van der Waals surface area (Å²) >= 11 is 1.24. The smallest absolute Gasteiger partial charge is 0.262 e. The van der Waals surface area contributed by atoms with Gasteiger partial charge in [0.25, 0.3) is 5.56 Å². The van der Waals surface area contributed by atoms with Crippen LogP contribution in [0.3, 0.4) is 0 Å². The number of hydrogen-bond acceptors (Lipinski definition) is 8. The third-order valence-corrected chi connectivity index (χ3v) is 7.66. The lowest BCUT2D eigenvalue weighted by atomic mass is 10.1. The molecule has 2 amide bonds. The third-order valence-electron chi connectivity index (χ3n) is 6.31. The molecule has 0 aliphatic carbocycles. The van der Waals surface area contributed by atoms with Crippen molar-refractivity contribution in [2.24, 2.45) is 0 Å². The van der Waals surface area contributed by atoms with Gasteiger partial charge in [-0.1, -0.05) is 36.9 Å². The molecule has 0 radical (unpaired) electrons. The van der Waals surface area contributed by atoms with Crippen LogP contribution in [0.5, 0.6) is 11.5 Å². The van der Waals surface area contributed by atoms with Crippen LogP contribution in [-0.4, -0.2) is 67.6 Å². The van der Waals surface area contributed by atoms with Crippen molar-refractivity contribution in [3.8, 4) is 11.5 Å². The predicted octanol–water partition coefficient (Wildman–Crippen LogP) is 3.19. The van der Waals surface area contributed by atoms with E-state index >= 15 is 0 Å². The van der Waals surface area contributed by atoms with Gasteiger partial charge in [0.1, 0.15) is 0 Å². The highest BCUT2D eigenvalue weighted by Crippen LogP contribution is 2.28. The second-order valence-electron chi connectivity index (χ2n) is 9.06. The number of carbonyl (C=O) groups excluding carboxylic acids is 2. The summed E-state index contributed by atoms with van der Waals surface area (Å²) in [5.41, 5.74) is 1.32. The number of carbonyl (C=O) groups is 2. The van der Waals surface area contributed by atoms with E-state index in [1.807, 2.05) is 31.2 Å². The normalized spacial score (nSPS) is 11.7. The SMILES string of the molecule is CC[C@@H](Sc1nc2ccccc2c(=O)n1CCC(=O)NCCc1ccc(OC)c(OC)c1)C(=O)NCCCOC. The summed E-state index contributed by atoms with van der Waals surface area (Å²) in [5, 5.41) is 6.30. The lowest BCUT2D eigenvalue weighted by Crippen LogP contribution is -2.34. The summed E-state index contributed by atoms with van der Waals surface area (Å²) in [5.74, 6) is 0.978. The second-order valence-corrected chi connectivity index (χ2v) is 10.2. The Hall–Kier alpha value is -3.57. The van der Waals surface area contributed by atoms with E-state index in [2.05, 4.69) is 10.6 Å². The average Bonchev–Trinajstić information content (AvgIpc) is 2.97. The predicted molar refractivity (Wildman–Crippen MR) is 156 cm³/mol. The number of ether oxygens (including phenoxy) is 3. The lowest BCUT2D eigenvalue weighted by Gasteiger charge is -2.18. The molecule has 0 fully saturated rings. The number of aromatic nitrogens is 2. The van der Waals surface area contributed by atoms with Gasteiger partial charge < -0.3 is 24.8 Å². The number of nitrogens with zero attached hydrogens (tertiary/aromatic N) is 2. The number of thioether (sulfide) groups is 1. The minimum absolute atomic E-state index is 0.0967. The van der Waals surface area contributed by atoms with Crippen molar-refractivity contribution in [1.82, 2.24) is 20.2 Å². The van der Waals surface area contributed by atoms with Gasteiger partial charge in [0.05, 0.1) is 30.4 Å². The molecule has 0 bridgehead atoms. The maximum Gasteiger partial charge on any atom is 0.262 e. The van der Waals surface area contributed by atoms with Gasteiger partial charge in [-0.25, -0.2) is 4.98 Å². The van der Waals surface area contributed by atoms with Gasteiger partial charge >= 0.3 is 0 Å². The van der Waals surface area contributed by atoms with Gasteiger partial charge in [0.2, 0.25) is 11.8 Å². The molecule has 0 unspecified atom stereocenters. The molecule has 2 aromatic carbocycles. The van der Waals surface area contributed by atoms with Crippen molar-refractivity contribution in [2.75, 3.05) is 41.0 Å². The largest absolute Gasteiger partial charge is 0.493 e. The van der Waals surface area contributed by atoms with Crippen molar-refractivity contribution in [1.29, 1.82) is 0 Å². The molecule has 2 N–H and O–H groups in total. The van der Waals surface area contributed by atoms with E-state index in [1.54, 1.807) is 39.5 Å². The summed E-state index contributed by atoms with van der Waals surface area (Å²) in [7, 11) is 4.78. The highest BCUT2D eigenvalue weighted by molar-refractivity contribution is 8.00. The van der Waals surface area contributed by atoms with E-state index in [9.17, 15) is 14.4 Å². The minimum atomic E-state index is -0.433. The Morgan fingerprint density at radius 3 is 2.52 bits per heavy atom. The fourth-order valence-electron chi connectivity index (χ4n) is 4.11.